The summed E-state index contributed by atoms with van der Waals surface area (Å²) in [6.45, 7) is 2.58. The molecule has 1 atom stereocenters. The van der Waals surface area contributed by atoms with Crippen LogP contribution in [0.4, 0.5) is 0 Å². The summed E-state index contributed by atoms with van der Waals surface area (Å²) < 4.78 is 1.39. The molecule has 0 saturated heterocycles. The molecule has 0 aromatic carbocycles. The van der Waals surface area contributed by atoms with Gasteiger partial charge in [-0.15, -0.1) is 17.5 Å². The number of hydrogen-bond acceptors (Lipinski definition) is 5. The van der Waals surface area contributed by atoms with Crippen molar-refractivity contribution in [2.75, 3.05) is 6.54 Å². The molecular formula is C9H17ClN6O. The third-order valence-electron chi connectivity index (χ3n) is 3.02. The van der Waals surface area contributed by atoms with Gasteiger partial charge in [0.25, 0.3) is 0 Å². The summed E-state index contributed by atoms with van der Waals surface area (Å²) in [5.41, 5.74) is 5.42. The van der Waals surface area contributed by atoms with Crippen molar-refractivity contribution in [1.29, 1.82) is 0 Å². The van der Waals surface area contributed by atoms with Gasteiger partial charge in [-0.2, -0.15) is 0 Å². The first-order chi connectivity index (χ1) is 7.64. The standard InChI is InChI=1S/C9H16N6O.ClH/c1-9(5-10,7-2-3-7)12-8(16)4-15-6-11-13-14-15;/h6-7H,2-5,10H2,1H3,(H,12,16);1H. The van der Waals surface area contributed by atoms with E-state index in [0.29, 0.717) is 12.5 Å². The number of carbonyl (C=O) groups is 1. The molecule has 0 aliphatic heterocycles. The van der Waals surface area contributed by atoms with E-state index in [-0.39, 0.29) is 30.4 Å². The van der Waals surface area contributed by atoms with Crippen molar-refractivity contribution in [1.82, 2.24) is 25.5 Å². The molecule has 1 fully saturated rings. The summed E-state index contributed by atoms with van der Waals surface area (Å²) in [5.74, 6) is 0.405. The SMILES string of the molecule is CC(CN)(NC(=O)Cn1cnnn1)C1CC1.Cl. The van der Waals surface area contributed by atoms with Crippen molar-refractivity contribution in [3.05, 3.63) is 6.33 Å². The van der Waals surface area contributed by atoms with Gasteiger partial charge in [-0.25, -0.2) is 4.68 Å². The minimum absolute atomic E-state index is 0. The molecule has 1 aliphatic carbocycles. The fourth-order valence-electron chi connectivity index (χ4n) is 1.80. The zero-order valence-corrected chi connectivity index (χ0v) is 10.5. The number of tetrazole rings is 1. The molecule has 0 bridgehead atoms. The van der Waals surface area contributed by atoms with Crippen molar-refractivity contribution >= 4 is 18.3 Å². The number of halogens is 1. The van der Waals surface area contributed by atoms with Gasteiger partial charge in [0.05, 0.1) is 5.54 Å². The van der Waals surface area contributed by atoms with Crippen molar-refractivity contribution in [3.63, 3.8) is 0 Å². The number of aromatic nitrogens is 4. The van der Waals surface area contributed by atoms with Gasteiger partial charge < -0.3 is 11.1 Å². The van der Waals surface area contributed by atoms with E-state index < -0.39 is 0 Å². The molecule has 0 spiro atoms. The molecule has 96 valence electrons. The fraction of sp³-hybridized carbons (Fsp3) is 0.778. The first kappa shape index (κ1) is 13.9. The van der Waals surface area contributed by atoms with Crippen LogP contribution in [0.5, 0.6) is 0 Å². The fourth-order valence-corrected chi connectivity index (χ4v) is 1.80. The summed E-state index contributed by atoms with van der Waals surface area (Å²) >= 11 is 0. The average Bonchev–Trinajstić information content (AvgIpc) is 3.00. The van der Waals surface area contributed by atoms with E-state index >= 15 is 0 Å². The molecule has 1 aliphatic rings. The Kier molecular flexibility index (Phi) is 4.41. The second kappa shape index (κ2) is 5.42. The quantitative estimate of drug-likeness (QED) is 0.732. The van der Waals surface area contributed by atoms with Crippen molar-refractivity contribution < 1.29 is 4.79 Å². The van der Waals surface area contributed by atoms with Crippen molar-refractivity contribution in [2.45, 2.75) is 31.8 Å². The maximum Gasteiger partial charge on any atom is 0.242 e. The van der Waals surface area contributed by atoms with Gasteiger partial charge in [0.1, 0.15) is 12.9 Å². The third kappa shape index (κ3) is 3.37. The molecule has 1 heterocycles. The van der Waals surface area contributed by atoms with E-state index in [0.717, 1.165) is 12.8 Å². The highest BCUT2D eigenvalue weighted by molar-refractivity contribution is 5.85. The Morgan fingerprint density at radius 2 is 2.35 bits per heavy atom. The van der Waals surface area contributed by atoms with Gasteiger partial charge in [-0.3, -0.25) is 4.79 Å². The minimum atomic E-state index is -0.287. The van der Waals surface area contributed by atoms with Gasteiger partial charge in [0, 0.05) is 6.54 Å². The highest BCUT2D eigenvalue weighted by Crippen LogP contribution is 2.38. The van der Waals surface area contributed by atoms with Crippen LogP contribution in [0.3, 0.4) is 0 Å². The Hall–Kier alpha value is -1.21. The van der Waals surface area contributed by atoms with Crippen LogP contribution >= 0.6 is 12.4 Å². The number of nitrogens with one attached hydrogen (secondary N) is 1. The minimum Gasteiger partial charge on any atom is -0.348 e. The third-order valence-corrected chi connectivity index (χ3v) is 3.02. The molecule has 0 radical (unpaired) electrons. The Morgan fingerprint density at radius 1 is 1.65 bits per heavy atom. The Bertz CT molecular complexity index is 366. The van der Waals surface area contributed by atoms with E-state index in [4.69, 9.17) is 5.73 Å². The molecule has 1 aromatic rings. The van der Waals surface area contributed by atoms with E-state index in [1.54, 1.807) is 0 Å². The Morgan fingerprint density at radius 3 is 2.82 bits per heavy atom. The second-order valence-electron chi connectivity index (χ2n) is 4.45. The Labute approximate surface area is 106 Å². The predicted molar refractivity (Wildman–Crippen MR) is 63.4 cm³/mol. The number of nitrogens with two attached hydrogens (primary N) is 1. The van der Waals surface area contributed by atoms with Gasteiger partial charge >= 0.3 is 0 Å². The highest BCUT2D eigenvalue weighted by Gasteiger charge is 2.41. The lowest BCUT2D eigenvalue weighted by Gasteiger charge is -2.29. The summed E-state index contributed by atoms with van der Waals surface area (Å²) in [5, 5.41) is 13.5. The van der Waals surface area contributed by atoms with Crippen LogP contribution in [-0.2, 0) is 11.3 Å². The van der Waals surface area contributed by atoms with Gasteiger partial charge in [-0.1, -0.05) is 0 Å². The van der Waals surface area contributed by atoms with Crippen molar-refractivity contribution in [2.24, 2.45) is 11.7 Å². The molecule has 1 aromatic heterocycles. The van der Waals surface area contributed by atoms with Gasteiger partial charge in [0.2, 0.25) is 5.91 Å². The predicted octanol–water partition coefficient (Wildman–Crippen LogP) is -0.661. The smallest absolute Gasteiger partial charge is 0.242 e. The summed E-state index contributed by atoms with van der Waals surface area (Å²) in [7, 11) is 0. The van der Waals surface area contributed by atoms with Crippen LogP contribution in [0.2, 0.25) is 0 Å². The zero-order chi connectivity index (χ0) is 11.6. The lowest BCUT2D eigenvalue weighted by Crippen LogP contribution is -2.53. The zero-order valence-electron chi connectivity index (χ0n) is 9.67. The Balaban J connectivity index is 0.00000144. The molecule has 17 heavy (non-hydrogen) atoms. The molecule has 7 nitrogen and oxygen atoms in total. The van der Waals surface area contributed by atoms with Gasteiger partial charge in [0.15, 0.2) is 0 Å². The molecule has 1 saturated carbocycles. The molecule has 1 unspecified atom stereocenters. The maximum absolute atomic E-state index is 11.7. The highest BCUT2D eigenvalue weighted by atomic mass is 35.5. The van der Waals surface area contributed by atoms with Crippen LogP contribution < -0.4 is 11.1 Å². The van der Waals surface area contributed by atoms with E-state index in [1.807, 2.05) is 6.92 Å². The van der Waals surface area contributed by atoms with Crippen LogP contribution in [0.25, 0.3) is 0 Å². The van der Waals surface area contributed by atoms with E-state index in [2.05, 4.69) is 20.8 Å². The summed E-state index contributed by atoms with van der Waals surface area (Å²) in [6, 6.07) is 0. The summed E-state index contributed by atoms with van der Waals surface area (Å²) in [6.07, 6.45) is 3.69. The number of rotatable bonds is 5. The maximum atomic E-state index is 11.7. The molecular weight excluding hydrogens is 244 g/mol. The molecule has 3 N–H and O–H groups in total. The molecule has 8 heteroatoms. The largest absolute Gasteiger partial charge is 0.348 e. The van der Waals surface area contributed by atoms with Crippen LogP contribution in [-0.4, -0.2) is 38.2 Å². The molecule has 1 amide bonds. The average molecular weight is 261 g/mol. The van der Waals surface area contributed by atoms with Crippen molar-refractivity contribution in [3.8, 4) is 0 Å². The lowest BCUT2D eigenvalue weighted by molar-refractivity contribution is -0.123. The monoisotopic (exact) mass is 260 g/mol. The lowest BCUT2D eigenvalue weighted by atomic mass is 9.96. The number of hydrogen-bond donors (Lipinski definition) is 2. The van der Waals surface area contributed by atoms with E-state index in [1.165, 1.54) is 11.0 Å². The topological polar surface area (TPSA) is 98.7 Å². The second-order valence-corrected chi connectivity index (χ2v) is 4.45. The molecule has 2 rings (SSSR count). The normalized spacial score (nSPS) is 18.0. The first-order valence-electron chi connectivity index (χ1n) is 5.36. The summed E-state index contributed by atoms with van der Waals surface area (Å²) in [4.78, 5) is 11.7. The number of carbonyl (C=O) groups excluding carboxylic acids is 1. The van der Waals surface area contributed by atoms with Crippen LogP contribution in [0, 0.1) is 5.92 Å². The van der Waals surface area contributed by atoms with Gasteiger partial charge in [-0.05, 0) is 36.1 Å². The van der Waals surface area contributed by atoms with E-state index in [9.17, 15) is 4.79 Å². The van der Waals surface area contributed by atoms with Crippen LogP contribution in [0.1, 0.15) is 19.8 Å². The number of amides is 1. The van der Waals surface area contributed by atoms with Crippen LogP contribution in [0.15, 0.2) is 6.33 Å². The first-order valence-corrected chi connectivity index (χ1v) is 5.36. The number of nitrogens with zero attached hydrogens (tertiary/aromatic N) is 4.